The smallest absolute Gasteiger partial charge is 0.220 e. The number of alkyl halides is 1. The Balaban J connectivity index is 3.60. The summed E-state index contributed by atoms with van der Waals surface area (Å²) in [5.74, 6) is 0.114. The summed E-state index contributed by atoms with van der Waals surface area (Å²) in [6, 6.07) is 0.0920. The van der Waals surface area contributed by atoms with Crippen LogP contribution in [0.2, 0.25) is 0 Å². The fourth-order valence-corrected chi connectivity index (χ4v) is 1.31. The molecule has 0 aliphatic carbocycles. The van der Waals surface area contributed by atoms with Crippen LogP contribution in [0.15, 0.2) is 0 Å². The normalized spacial score (nSPS) is 12.5. The monoisotopic (exact) mass is 251 g/mol. The second-order valence-electron chi connectivity index (χ2n) is 2.98. The maximum absolute atomic E-state index is 11.3. The van der Waals surface area contributed by atoms with Gasteiger partial charge in [0.15, 0.2) is 0 Å². The van der Waals surface area contributed by atoms with Crippen LogP contribution in [0, 0.1) is 0 Å². The molecule has 1 unspecified atom stereocenters. The average Bonchev–Trinajstić information content (AvgIpc) is 2.14. The Bertz CT molecular complexity index is 142. The average molecular weight is 252 g/mol. The molecule has 0 aliphatic rings. The van der Waals surface area contributed by atoms with Crippen LogP contribution in [0.1, 0.15) is 26.2 Å². The predicted molar refractivity (Wildman–Crippen MR) is 57.1 cm³/mol. The molecule has 0 fully saturated rings. The molecule has 0 spiro atoms. The zero-order chi connectivity index (χ0) is 10.1. The number of unbranched alkanes of at least 4 members (excludes halogenated alkanes) is 1. The lowest BCUT2D eigenvalue weighted by Gasteiger charge is -2.14. The molecule has 0 radical (unpaired) electrons. The van der Waals surface area contributed by atoms with E-state index in [0.717, 1.165) is 18.2 Å². The van der Waals surface area contributed by atoms with Gasteiger partial charge in [0.1, 0.15) is 0 Å². The Morgan fingerprint density at radius 2 is 2.31 bits per heavy atom. The molecule has 0 aromatic heterocycles. The van der Waals surface area contributed by atoms with Crippen LogP contribution in [0.25, 0.3) is 0 Å². The lowest BCUT2D eigenvalue weighted by atomic mass is 10.2. The molecule has 0 aromatic rings. The highest BCUT2D eigenvalue weighted by atomic mass is 79.9. The standard InChI is InChI=1S/C9H18BrNO2/c1-3-4-5-9(12)11-8(6-10)7-13-2/h8H,3-7H2,1-2H3,(H,11,12). The first-order valence-corrected chi connectivity index (χ1v) is 5.71. The predicted octanol–water partition coefficient (Wildman–Crippen LogP) is 1.70. The van der Waals surface area contributed by atoms with Gasteiger partial charge in [0.2, 0.25) is 5.91 Å². The quantitative estimate of drug-likeness (QED) is 0.700. The summed E-state index contributed by atoms with van der Waals surface area (Å²) >= 11 is 3.32. The Hall–Kier alpha value is -0.0900. The first kappa shape index (κ1) is 12.9. The van der Waals surface area contributed by atoms with E-state index in [4.69, 9.17) is 4.74 Å². The Kier molecular flexibility index (Phi) is 8.45. The van der Waals surface area contributed by atoms with Gasteiger partial charge in [0.25, 0.3) is 0 Å². The van der Waals surface area contributed by atoms with Gasteiger partial charge in [-0.2, -0.15) is 0 Å². The van der Waals surface area contributed by atoms with Crippen molar-refractivity contribution in [3.05, 3.63) is 0 Å². The zero-order valence-corrected chi connectivity index (χ0v) is 9.89. The molecular weight excluding hydrogens is 234 g/mol. The SMILES string of the molecule is CCCCC(=O)NC(CBr)COC. The summed E-state index contributed by atoms with van der Waals surface area (Å²) in [4.78, 5) is 11.3. The molecule has 1 N–H and O–H groups in total. The van der Waals surface area contributed by atoms with Crippen molar-refractivity contribution in [3.63, 3.8) is 0 Å². The van der Waals surface area contributed by atoms with Crippen LogP contribution in [0.5, 0.6) is 0 Å². The van der Waals surface area contributed by atoms with E-state index in [2.05, 4.69) is 28.2 Å². The molecule has 1 atom stereocenters. The number of rotatable bonds is 7. The summed E-state index contributed by atoms with van der Waals surface area (Å²) in [6.07, 6.45) is 2.62. The lowest BCUT2D eigenvalue weighted by Crippen LogP contribution is -2.39. The summed E-state index contributed by atoms with van der Waals surface area (Å²) in [6.45, 7) is 2.63. The molecule has 0 saturated heterocycles. The van der Waals surface area contributed by atoms with Crippen LogP contribution in [-0.2, 0) is 9.53 Å². The van der Waals surface area contributed by atoms with Gasteiger partial charge in [-0.3, -0.25) is 4.79 Å². The van der Waals surface area contributed by atoms with Crippen molar-refractivity contribution in [2.24, 2.45) is 0 Å². The minimum absolute atomic E-state index is 0.0920. The maximum Gasteiger partial charge on any atom is 0.220 e. The number of carbonyl (C=O) groups is 1. The second kappa shape index (κ2) is 8.51. The summed E-state index contributed by atoms with van der Waals surface area (Å²) < 4.78 is 4.96. The van der Waals surface area contributed by atoms with Gasteiger partial charge in [-0.15, -0.1) is 0 Å². The Morgan fingerprint density at radius 3 is 2.77 bits per heavy atom. The molecule has 0 aliphatic heterocycles. The van der Waals surface area contributed by atoms with Crippen LogP contribution < -0.4 is 5.32 Å². The van der Waals surface area contributed by atoms with Crippen molar-refractivity contribution in [3.8, 4) is 0 Å². The third-order valence-corrected chi connectivity index (χ3v) is 2.46. The van der Waals surface area contributed by atoms with Crippen molar-refractivity contribution in [2.75, 3.05) is 19.0 Å². The van der Waals surface area contributed by atoms with Gasteiger partial charge in [0, 0.05) is 18.9 Å². The van der Waals surface area contributed by atoms with Crippen LogP contribution in [0.3, 0.4) is 0 Å². The van der Waals surface area contributed by atoms with Crippen molar-refractivity contribution in [1.29, 1.82) is 0 Å². The molecule has 0 bridgehead atoms. The number of halogens is 1. The molecular formula is C9H18BrNO2. The number of ether oxygens (including phenoxy) is 1. The molecule has 0 saturated carbocycles. The fraction of sp³-hybridized carbons (Fsp3) is 0.889. The van der Waals surface area contributed by atoms with Crippen LogP contribution in [-0.4, -0.2) is 31.0 Å². The third-order valence-electron chi connectivity index (χ3n) is 1.68. The third kappa shape index (κ3) is 7.02. The number of carbonyl (C=O) groups excluding carboxylic acids is 1. The first-order chi connectivity index (χ1) is 6.24. The van der Waals surface area contributed by atoms with Crippen LogP contribution in [0.4, 0.5) is 0 Å². The van der Waals surface area contributed by atoms with Crippen molar-refractivity contribution in [2.45, 2.75) is 32.2 Å². The summed E-state index contributed by atoms with van der Waals surface area (Å²) in [5, 5.41) is 3.63. The first-order valence-electron chi connectivity index (χ1n) is 4.58. The van der Waals surface area contributed by atoms with E-state index in [0.29, 0.717) is 13.0 Å². The number of hydrogen-bond donors (Lipinski definition) is 1. The van der Waals surface area contributed by atoms with Gasteiger partial charge in [0.05, 0.1) is 12.6 Å². The minimum atomic E-state index is 0.0920. The molecule has 13 heavy (non-hydrogen) atoms. The topological polar surface area (TPSA) is 38.3 Å². The second-order valence-corrected chi connectivity index (χ2v) is 3.63. The van der Waals surface area contributed by atoms with Crippen molar-refractivity contribution in [1.82, 2.24) is 5.32 Å². The highest BCUT2D eigenvalue weighted by Crippen LogP contribution is 1.96. The fourth-order valence-electron chi connectivity index (χ4n) is 0.963. The summed E-state index contributed by atoms with van der Waals surface area (Å²) in [7, 11) is 1.63. The van der Waals surface area contributed by atoms with E-state index in [-0.39, 0.29) is 11.9 Å². The lowest BCUT2D eigenvalue weighted by molar-refractivity contribution is -0.122. The van der Waals surface area contributed by atoms with E-state index in [1.54, 1.807) is 7.11 Å². The molecule has 3 nitrogen and oxygen atoms in total. The Morgan fingerprint density at radius 1 is 1.62 bits per heavy atom. The van der Waals surface area contributed by atoms with Crippen molar-refractivity contribution < 1.29 is 9.53 Å². The minimum Gasteiger partial charge on any atom is -0.383 e. The van der Waals surface area contributed by atoms with E-state index in [1.807, 2.05) is 0 Å². The zero-order valence-electron chi connectivity index (χ0n) is 8.31. The van der Waals surface area contributed by atoms with Gasteiger partial charge >= 0.3 is 0 Å². The van der Waals surface area contributed by atoms with Gasteiger partial charge < -0.3 is 10.1 Å². The Labute approximate surface area is 88.4 Å². The molecule has 4 heteroatoms. The van der Waals surface area contributed by atoms with Gasteiger partial charge in [-0.25, -0.2) is 0 Å². The van der Waals surface area contributed by atoms with E-state index < -0.39 is 0 Å². The van der Waals surface area contributed by atoms with Crippen LogP contribution >= 0.6 is 15.9 Å². The largest absolute Gasteiger partial charge is 0.383 e. The van der Waals surface area contributed by atoms with E-state index in [1.165, 1.54) is 0 Å². The van der Waals surface area contributed by atoms with Crippen molar-refractivity contribution >= 4 is 21.8 Å². The van der Waals surface area contributed by atoms with E-state index in [9.17, 15) is 4.79 Å². The number of amides is 1. The molecule has 0 aromatic carbocycles. The molecule has 78 valence electrons. The van der Waals surface area contributed by atoms with Gasteiger partial charge in [-0.05, 0) is 6.42 Å². The van der Waals surface area contributed by atoms with E-state index >= 15 is 0 Å². The summed E-state index contributed by atoms with van der Waals surface area (Å²) in [5.41, 5.74) is 0. The highest BCUT2D eigenvalue weighted by molar-refractivity contribution is 9.09. The maximum atomic E-state index is 11.3. The van der Waals surface area contributed by atoms with Gasteiger partial charge in [-0.1, -0.05) is 29.3 Å². The number of methoxy groups -OCH3 is 1. The number of nitrogens with one attached hydrogen (secondary N) is 1. The number of hydrogen-bond acceptors (Lipinski definition) is 2. The molecule has 1 amide bonds. The molecule has 0 heterocycles. The highest BCUT2D eigenvalue weighted by Gasteiger charge is 2.09. The molecule has 0 rings (SSSR count).